The van der Waals surface area contributed by atoms with Crippen LogP contribution in [0.15, 0.2) is 186 Å². The molecule has 2 heteroatoms. The molecule has 0 saturated heterocycles. The van der Waals surface area contributed by atoms with Crippen LogP contribution in [0.25, 0.3) is 119 Å². The monoisotopic (exact) mass is 702 g/mol. The van der Waals surface area contributed by atoms with Crippen molar-refractivity contribution in [3.63, 3.8) is 0 Å². The molecule has 54 heavy (non-hydrogen) atoms. The zero-order valence-electron chi connectivity index (χ0n) is 29.1. The summed E-state index contributed by atoms with van der Waals surface area (Å²) in [5, 5.41) is 14.9. The number of rotatable bonds is 3. The van der Waals surface area contributed by atoms with Crippen LogP contribution in [0.1, 0.15) is 0 Å². The van der Waals surface area contributed by atoms with Crippen molar-refractivity contribution < 1.29 is 4.42 Å². The molecule has 0 aliphatic heterocycles. The van der Waals surface area contributed by atoms with E-state index in [1.165, 1.54) is 107 Å². The molecule has 2 heterocycles. The van der Waals surface area contributed by atoms with Crippen LogP contribution in [0.4, 0.5) is 0 Å². The smallest absolute Gasteiger partial charge is 0.136 e. The number of benzene rings is 10. The zero-order chi connectivity index (χ0) is 35.3. The Balaban J connectivity index is 1.02. The molecule has 250 valence electrons. The van der Waals surface area contributed by atoms with Crippen LogP contribution in [0.2, 0.25) is 0 Å². The van der Waals surface area contributed by atoms with Crippen molar-refractivity contribution >= 4 is 96.5 Å². The lowest BCUT2D eigenvalue weighted by Crippen LogP contribution is -1.92. The van der Waals surface area contributed by atoms with Crippen LogP contribution in [-0.4, -0.2) is 0 Å². The second-order valence-electron chi connectivity index (χ2n) is 14.4. The summed E-state index contributed by atoms with van der Waals surface area (Å²) in [6.45, 7) is 0. The largest absolute Gasteiger partial charge is 0.456 e. The molecule has 0 fully saturated rings. The third-order valence-corrected chi connectivity index (χ3v) is 12.5. The van der Waals surface area contributed by atoms with Crippen molar-refractivity contribution in [2.75, 3.05) is 0 Å². The minimum Gasteiger partial charge on any atom is -0.456 e. The predicted molar refractivity (Wildman–Crippen MR) is 233 cm³/mol. The van der Waals surface area contributed by atoms with Crippen LogP contribution in [0.3, 0.4) is 0 Å². The molecule has 12 aromatic rings. The molecule has 0 amide bonds. The van der Waals surface area contributed by atoms with Crippen LogP contribution in [0, 0.1) is 0 Å². The number of furan rings is 1. The third kappa shape index (κ3) is 4.38. The summed E-state index contributed by atoms with van der Waals surface area (Å²) in [5.41, 5.74) is 9.38. The molecule has 0 saturated carbocycles. The average molecular weight is 703 g/mol. The maximum atomic E-state index is 6.45. The van der Waals surface area contributed by atoms with Crippen molar-refractivity contribution in [1.29, 1.82) is 0 Å². The fourth-order valence-corrected chi connectivity index (χ4v) is 10.1. The van der Waals surface area contributed by atoms with Gasteiger partial charge < -0.3 is 4.42 Å². The van der Waals surface area contributed by atoms with Crippen molar-refractivity contribution in [2.24, 2.45) is 0 Å². The minimum atomic E-state index is 0.940. The molecule has 0 aliphatic carbocycles. The Morgan fingerprint density at radius 3 is 1.63 bits per heavy atom. The first-order chi connectivity index (χ1) is 26.7. The van der Waals surface area contributed by atoms with Gasteiger partial charge in [0.1, 0.15) is 11.2 Å². The van der Waals surface area contributed by atoms with Gasteiger partial charge in [0.2, 0.25) is 0 Å². The Bertz CT molecular complexity index is 3450. The molecule has 0 bridgehead atoms. The summed E-state index contributed by atoms with van der Waals surface area (Å²) in [6, 6.07) is 66.8. The summed E-state index contributed by atoms with van der Waals surface area (Å²) in [5.74, 6) is 0. The fraction of sp³-hybridized carbons (Fsp3) is 0. The normalized spacial score (nSPS) is 12.1. The summed E-state index contributed by atoms with van der Waals surface area (Å²) in [4.78, 5) is 0. The SMILES string of the molecule is c1cc(-c2ccc3c(c2)sc2cc4c(cc23)oc2cc3ccccc3cc24)cc(-c2c3ccccc3c(-c3cccc4ccccc34)c3ccccc23)c1. The summed E-state index contributed by atoms with van der Waals surface area (Å²) in [7, 11) is 0. The van der Waals surface area contributed by atoms with Gasteiger partial charge >= 0.3 is 0 Å². The summed E-state index contributed by atoms with van der Waals surface area (Å²) >= 11 is 1.86. The van der Waals surface area contributed by atoms with Crippen molar-refractivity contribution in [3.8, 4) is 33.4 Å². The lowest BCUT2D eigenvalue weighted by atomic mass is 9.84. The molecule has 12 rings (SSSR count). The fourth-order valence-electron chi connectivity index (χ4n) is 8.94. The summed E-state index contributed by atoms with van der Waals surface area (Å²) < 4.78 is 9.02. The molecular weight excluding hydrogens is 673 g/mol. The van der Waals surface area contributed by atoms with Crippen LogP contribution in [0.5, 0.6) is 0 Å². The maximum absolute atomic E-state index is 6.45. The molecule has 0 spiro atoms. The molecule has 1 nitrogen and oxygen atoms in total. The highest BCUT2D eigenvalue weighted by molar-refractivity contribution is 7.26. The standard InChI is InChI=1S/C52H30OS/c1-2-13-34-27-47-44(26-33(34)12-1)45-30-50-46(29-48(45)53-47)38-24-23-35(28-49(38)54-50)32-15-9-16-36(25-32)51-40-18-5-7-20-42(40)52(43-21-8-6-19-41(43)51)39-22-10-14-31-11-3-4-17-37(31)39/h1-30H. The zero-order valence-corrected chi connectivity index (χ0v) is 30.0. The van der Waals surface area contributed by atoms with E-state index in [4.69, 9.17) is 4.42 Å². The molecular formula is C52H30OS. The van der Waals surface area contributed by atoms with Gasteiger partial charge in [-0.3, -0.25) is 0 Å². The first-order valence-electron chi connectivity index (χ1n) is 18.5. The van der Waals surface area contributed by atoms with Gasteiger partial charge in [0.15, 0.2) is 0 Å². The van der Waals surface area contributed by atoms with Crippen molar-refractivity contribution in [2.45, 2.75) is 0 Å². The number of fused-ring (bicyclic) bond motifs is 10. The second-order valence-corrected chi connectivity index (χ2v) is 15.5. The summed E-state index contributed by atoms with van der Waals surface area (Å²) in [6.07, 6.45) is 0. The first-order valence-corrected chi connectivity index (χ1v) is 19.3. The van der Waals surface area contributed by atoms with Crippen LogP contribution in [-0.2, 0) is 0 Å². The van der Waals surface area contributed by atoms with E-state index >= 15 is 0 Å². The Hall–Kier alpha value is -6.74. The molecule has 0 unspecified atom stereocenters. The average Bonchev–Trinajstić information content (AvgIpc) is 3.76. The van der Waals surface area contributed by atoms with Gasteiger partial charge in [0.25, 0.3) is 0 Å². The van der Waals surface area contributed by atoms with Gasteiger partial charge in [0.05, 0.1) is 0 Å². The lowest BCUT2D eigenvalue weighted by molar-refractivity contribution is 0.670. The first kappa shape index (κ1) is 29.8. The highest BCUT2D eigenvalue weighted by atomic mass is 32.1. The number of hydrogen-bond donors (Lipinski definition) is 0. The molecule has 0 radical (unpaired) electrons. The Morgan fingerprint density at radius 1 is 0.296 bits per heavy atom. The van der Waals surface area contributed by atoms with Gasteiger partial charge in [-0.1, -0.05) is 146 Å². The van der Waals surface area contributed by atoms with Crippen molar-refractivity contribution in [3.05, 3.63) is 182 Å². The van der Waals surface area contributed by atoms with E-state index in [0.717, 1.165) is 11.2 Å². The van der Waals surface area contributed by atoms with E-state index in [0.29, 0.717) is 0 Å². The van der Waals surface area contributed by atoms with E-state index < -0.39 is 0 Å². The molecule has 0 atom stereocenters. The van der Waals surface area contributed by atoms with Gasteiger partial charge in [0, 0.05) is 30.9 Å². The molecule has 10 aromatic carbocycles. The van der Waals surface area contributed by atoms with Crippen LogP contribution >= 0.6 is 11.3 Å². The van der Waals surface area contributed by atoms with Gasteiger partial charge in [-0.2, -0.15) is 0 Å². The Morgan fingerprint density at radius 2 is 0.852 bits per heavy atom. The van der Waals surface area contributed by atoms with Gasteiger partial charge in [-0.15, -0.1) is 11.3 Å². The highest BCUT2D eigenvalue weighted by Crippen LogP contribution is 2.46. The lowest BCUT2D eigenvalue weighted by Gasteiger charge is -2.19. The molecule has 0 N–H and O–H groups in total. The van der Waals surface area contributed by atoms with Gasteiger partial charge in [-0.25, -0.2) is 0 Å². The third-order valence-electron chi connectivity index (χ3n) is 11.4. The minimum absolute atomic E-state index is 0.940. The highest BCUT2D eigenvalue weighted by Gasteiger charge is 2.19. The Kier molecular flexibility index (Phi) is 6.28. The van der Waals surface area contributed by atoms with E-state index in [-0.39, 0.29) is 0 Å². The van der Waals surface area contributed by atoms with E-state index in [1.807, 2.05) is 11.3 Å². The van der Waals surface area contributed by atoms with Crippen molar-refractivity contribution in [1.82, 2.24) is 0 Å². The number of hydrogen-bond acceptors (Lipinski definition) is 2. The van der Waals surface area contributed by atoms with Crippen LogP contribution < -0.4 is 0 Å². The van der Waals surface area contributed by atoms with E-state index in [9.17, 15) is 0 Å². The quantitative estimate of drug-likeness (QED) is 0.167. The topological polar surface area (TPSA) is 13.1 Å². The van der Waals surface area contributed by atoms with E-state index in [2.05, 4.69) is 182 Å². The van der Waals surface area contributed by atoms with E-state index in [1.54, 1.807) is 0 Å². The predicted octanol–water partition coefficient (Wildman–Crippen LogP) is 15.6. The maximum Gasteiger partial charge on any atom is 0.136 e. The Labute approximate surface area is 314 Å². The number of thiophene rings is 1. The van der Waals surface area contributed by atoms with Gasteiger partial charge in [-0.05, 0) is 113 Å². The molecule has 2 aromatic heterocycles. The molecule has 0 aliphatic rings. The second kappa shape index (κ2) is 11.4.